The summed E-state index contributed by atoms with van der Waals surface area (Å²) in [5, 5.41) is -1.02. The molecule has 0 bridgehead atoms. The lowest BCUT2D eigenvalue weighted by molar-refractivity contribution is -0.309. The Hall–Kier alpha value is -0.930. The van der Waals surface area contributed by atoms with Gasteiger partial charge in [-0.1, -0.05) is 0 Å². The Morgan fingerprint density at radius 2 is 1.46 bits per heavy atom. The van der Waals surface area contributed by atoms with E-state index >= 15 is 0 Å². The summed E-state index contributed by atoms with van der Waals surface area (Å²) in [4.78, 5) is 15.4. The molecule has 0 aromatic carbocycles. The molecule has 0 aromatic rings. The van der Waals surface area contributed by atoms with Crippen LogP contribution in [0.15, 0.2) is 0 Å². The van der Waals surface area contributed by atoms with E-state index in [1.54, 1.807) is 31.4 Å². The smallest absolute Gasteiger partial charge is 0.427 e. The van der Waals surface area contributed by atoms with Crippen molar-refractivity contribution in [3.63, 3.8) is 0 Å². The van der Waals surface area contributed by atoms with Crippen molar-refractivity contribution >= 4 is 37.5 Å². The van der Waals surface area contributed by atoms with Crippen LogP contribution in [-0.4, -0.2) is 95.0 Å². The molecule has 1 aliphatic heterocycles. The summed E-state index contributed by atoms with van der Waals surface area (Å²) in [6.45, 7) is 6.12. The highest BCUT2D eigenvalue weighted by Crippen LogP contribution is 2.37. The number of piperazine rings is 1. The number of hydrogen-bond donors (Lipinski definition) is 0. The molecular weight excluding hydrogens is 361 g/mol. The maximum Gasteiger partial charge on any atom is 0.434 e. The van der Waals surface area contributed by atoms with Crippen molar-refractivity contribution in [2.24, 2.45) is 0 Å². The number of alkyl halides is 6. The van der Waals surface area contributed by atoms with Crippen LogP contribution in [0.25, 0.3) is 0 Å². The van der Waals surface area contributed by atoms with E-state index in [0.717, 1.165) is 4.90 Å². The third kappa shape index (κ3) is 4.86. The Kier molecular flexibility index (Phi) is 6.14. The number of nitrogens with zero attached hydrogens (tertiary/aromatic N) is 2. The first-order chi connectivity index (χ1) is 11.3. The number of carbonyl (C=O) groups is 1. The lowest BCUT2D eigenvalue weighted by Gasteiger charge is -2.58. The van der Waals surface area contributed by atoms with E-state index in [1.165, 1.54) is 0 Å². The molecule has 0 aromatic heterocycles. The average Bonchev–Trinajstić information content (AvgIpc) is 2.36. The fraction of sp³-hybridized carbons (Fsp3) is 0.917. The minimum Gasteiger partial charge on any atom is -0.427 e. The SMILES string of the molecule is BC1C(B)N(C(=O)OC(C(F)(F)F)C(F)(F)F)C(B)(B)CN1C(C)(C)C. The van der Waals surface area contributed by atoms with Crippen LogP contribution in [0.5, 0.6) is 0 Å². The van der Waals surface area contributed by atoms with Crippen LogP contribution in [-0.2, 0) is 4.74 Å². The van der Waals surface area contributed by atoms with Gasteiger partial charge < -0.3 is 14.5 Å². The molecule has 2 atom stereocenters. The van der Waals surface area contributed by atoms with Gasteiger partial charge in [0.1, 0.15) is 31.4 Å². The van der Waals surface area contributed by atoms with Crippen LogP contribution in [0.1, 0.15) is 20.8 Å². The molecule has 1 saturated heterocycles. The van der Waals surface area contributed by atoms with E-state index in [-0.39, 0.29) is 18.0 Å². The summed E-state index contributed by atoms with van der Waals surface area (Å²) in [6.07, 6.45) is -17.2. The minimum atomic E-state index is -5.74. The van der Waals surface area contributed by atoms with Gasteiger partial charge >= 0.3 is 18.4 Å². The molecule has 0 saturated carbocycles. The largest absolute Gasteiger partial charge is 0.434 e. The minimum absolute atomic E-state index is 0.278. The van der Waals surface area contributed by atoms with Crippen molar-refractivity contribution in [3.8, 4) is 0 Å². The fourth-order valence-electron chi connectivity index (χ4n) is 3.40. The summed E-state index contributed by atoms with van der Waals surface area (Å²) in [6, 6.07) is 0. The standard InChI is InChI=1S/C12H22B4F6N2O2/c1-9(2,3)23-4-10(15,16)24(6(14)5(23)13)8(25)26-7(11(17,18)19)12(20,21)22/h5-7H,4,13-16H2,1-3H3. The Morgan fingerprint density at radius 1 is 1.04 bits per heavy atom. The monoisotopic (exact) mass is 384 g/mol. The number of ether oxygens (including phenoxy) is 1. The van der Waals surface area contributed by atoms with Gasteiger partial charge in [-0.15, -0.1) is 0 Å². The van der Waals surface area contributed by atoms with E-state index in [1.807, 2.05) is 20.8 Å². The number of amides is 1. The molecular formula is C12H22B4F6N2O2. The predicted octanol–water partition coefficient (Wildman–Crippen LogP) is -1.13. The Morgan fingerprint density at radius 3 is 1.81 bits per heavy atom. The average molecular weight is 384 g/mol. The van der Waals surface area contributed by atoms with Gasteiger partial charge in [0.2, 0.25) is 0 Å². The van der Waals surface area contributed by atoms with Gasteiger partial charge in [0, 0.05) is 18.0 Å². The van der Waals surface area contributed by atoms with E-state index in [0.29, 0.717) is 0 Å². The van der Waals surface area contributed by atoms with E-state index in [4.69, 9.17) is 0 Å². The van der Waals surface area contributed by atoms with Gasteiger partial charge in [0.15, 0.2) is 0 Å². The first kappa shape index (κ1) is 23.1. The maximum atomic E-state index is 12.7. The van der Waals surface area contributed by atoms with Crippen LogP contribution in [0, 0.1) is 0 Å². The van der Waals surface area contributed by atoms with Gasteiger partial charge in [0.05, 0.1) is 0 Å². The number of hydrogen-bond acceptors (Lipinski definition) is 3. The van der Waals surface area contributed by atoms with Crippen LogP contribution < -0.4 is 0 Å². The lowest BCUT2D eigenvalue weighted by atomic mass is 9.55. The topological polar surface area (TPSA) is 32.8 Å². The fourth-order valence-corrected chi connectivity index (χ4v) is 3.40. The van der Waals surface area contributed by atoms with Crippen LogP contribution >= 0.6 is 0 Å². The molecule has 0 radical (unpaired) electrons. The maximum absolute atomic E-state index is 12.7. The zero-order valence-electron chi connectivity index (χ0n) is 15.9. The van der Waals surface area contributed by atoms with Gasteiger partial charge in [-0.25, -0.2) is 4.79 Å². The highest BCUT2D eigenvalue weighted by atomic mass is 19.4. The Labute approximate surface area is 152 Å². The molecule has 1 rings (SSSR count). The van der Waals surface area contributed by atoms with E-state index in [2.05, 4.69) is 9.64 Å². The number of halogens is 6. The summed E-state index contributed by atoms with van der Waals surface area (Å²) in [5.74, 6) is -0.932. The van der Waals surface area contributed by atoms with Crippen LogP contribution in [0.4, 0.5) is 31.1 Å². The number of carbonyl (C=O) groups excluding carboxylic acids is 1. The zero-order chi connectivity index (χ0) is 20.9. The summed E-state index contributed by atoms with van der Waals surface area (Å²) in [5.41, 5.74) is -0.290. The Bertz CT molecular complexity index is 523. The highest BCUT2D eigenvalue weighted by Gasteiger charge is 2.61. The normalized spacial score (nSPS) is 25.4. The van der Waals surface area contributed by atoms with Crippen molar-refractivity contribution in [3.05, 3.63) is 0 Å². The molecule has 4 nitrogen and oxygen atoms in total. The van der Waals surface area contributed by atoms with Crippen molar-refractivity contribution < 1.29 is 35.9 Å². The molecule has 1 heterocycles. The molecule has 1 aliphatic rings. The lowest BCUT2D eigenvalue weighted by Crippen LogP contribution is -2.75. The third-order valence-electron chi connectivity index (χ3n) is 4.68. The van der Waals surface area contributed by atoms with E-state index < -0.39 is 35.8 Å². The third-order valence-corrected chi connectivity index (χ3v) is 4.68. The molecule has 2 unspecified atom stereocenters. The van der Waals surface area contributed by atoms with Gasteiger partial charge in [0.25, 0.3) is 6.10 Å². The molecule has 14 heteroatoms. The first-order valence-corrected chi connectivity index (χ1v) is 8.20. The quantitative estimate of drug-likeness (QED) is 0.424. The van der Waals surface area contributed by atoms with Crippen molar-refractivity contribution in [2.75, 3.05) is 6.54 Å². The Balaban J connectivity index is 3.15. The van der Waals surface area contributed by atoms with E-state index in [9.17, 15) is 31.1 Å². The molecule has 0 N–H and O–H groups in total. The first-order valence-electron chi connectivity index (χ1n) is 8.20. The summed E-state index contributed by atoms with van der Waals surface area (Å²) >= 11 is 0. The number of rotatable bonds is 1. The second-order valence-corrected chi connectivity index (χ2v) is 8.31. The van der Waals surface area contributed by atoms with Gasteiger partial charge in [-0.05, 0) is 32.1 Å². The second-order valence-electron chi connectivity index (χ2n) is 8.31. The molecule has 0 spiro atoms. The summed E-state index contributed by atoms with van der Waals surface area (Å²) < 4.78 is 80.1. The van der Waals surface area contributed by atoms with Crippen molar-refractivity contribution in [2.45, 2.75) is 62.0 Å². The molecule has 146 valence electrons. The molecule has 0 aliphatic carbocycles. The second kappa shape index (κ2) is 6.91. The predicted molar refractivity (Wildman–Crippen MR) is 95.2 cm³/mol. The zero-order valence-corrected chi connectivity index (χ0v) is 15.9. The van der Waals surface area contributed by atoms with Gasteiger partial charge in [-0.3, -0.25) is 0 Å². The van der Waals surface area contributed by atoms with Crippen molar-refractivity contribution in [1.82, 2.24) is 9.80 Å². The van der Waals surface area contributed by atoms with Crippen LogP contribution in [0.2, 0.25) is 0 Å². The molecule has 1 fully saturated rings. The molecule has 1 amide bonds. The van der Waals surface area contributed by atoms with Crippen molar-refractivity contribution in [1.29, 1.82) is 0 Å². The van der Waals surface area contributed by atoms with Crippen LogP contribution in [0.3, 0.4) is 0 Å². The summed E-state index contributed by atoms with van der Waals surface area (Å²) in [7, 11) is 6.54. The highest BCUT2D eigenvalue weighted by molar-refractivity contribution is 6.42. The van der Waals surface area contributed by atoms with Gasteiger partial charge in [-0.2, -0.15) is 26.3 Å². The molecule has 26 heavy (non-hydrogen) atoms.